The zero-order chi connectivity index (χ0) is 24.7. The fourth-order valence-corrected chi connectivity index (χ4v) is 7.37. The third kappa shape index (κ3) is 4.52. The molecule has 3 aromatic heterocycles. The highest BCUT2D eigenvalue weighted by Crippen LogP contribution is 2.33. The number of rotatable bonds is 6. The van der Waals surface area contributed by atoms with E-state index in [-0.39, 0.29) is 42.8 Å². The Bertz CT molecular complexity index is 1560. The first-order valence-corrected chi connectivity index (χ1v) is 13.4. The number of esters is 1. The second kappa shape index (κ2) is 9.23. The molecule has 1 saturated heterocycles. The normalized spacial score (nSPS) is 15.3. The highest BCUT2D eigenvalue weighted by Gasteiger charge is 2.34. The van der Waals surface area contributed by atoms with Crippen LogP contribution in [0.25, 0.3) is 21.0 Å². The Morgan fingerprint density at radius 1 is 1.17 bits per heavy atom. The lowest BCUT2D eigenvalue weighted by atomic mass is 10.3. The van der Waals surface area contributed by atoms with Gasteiger partial charge < -0.3 is 14.2 Å². The van der Waals surface area contributed by atoms with E-state index in [0.717, 1.165) is 38.0 Å². The van der Waals surface area contributed by atoms with E-state index in [1.165, 1.54) is 11.4 Å². The molecule has 1 amide bonds. The van der Waals surface area contributed by atoms with Gasteiger partial charge in [0.2, 0.25) is 5.91 Å². The molecule has 12 heteroatoms. The topological polar surface area (TPSA) is 102 Å². The van der Waals surface area contributed by atoms with Crippen LogP contribution in [-0.2, 0) is 37.4 Å². The number of amides is 1. The van der Waals surface area contributed by atoms with Gasteiger partial charge in [0, 0.05) is 40.1 Å². The SMILES string of the molecule is COC(=O)Cn1c(CN2CCN(S(=O)(=O)c3cc4ccc(Cl)cc4s3)CC2=O)cc2ccncc21. The van der Waals surface area contributed by atoms with Crippen molar-refractivity contribution in [3.05, 3.63) is 59.5 Å². The maximum absolute atomic E-state index is 13.2. The monoisotopic (exact) mass is 532 g/mol. The third-order valence-electron chi connectivity index (χ3n) is 6.00. The van der Waals surface area contributed by atoms with Crippen molar-refractivity contribution in [2.45, 2.75) is 17.3 Å². The molecule has 1 aromatic carbocycles. The average Bonchev–Trinajstić information content (AvgIpc) is 3.42. The summed E-state index contributed by atoms with van der Waals surface area (Å²) < 4.78 is 35.3. The van der Waals surface area contributed by atoms with Gasteiger partial charge in [-0.25, -0.2) is 8.42 Å². The van der Waals surface area contributed by atoms with E-state index in [0.29, 0.717) is 5.02 Å². The van der Waals surface area contributed by atoms with E-state index in [9.17, 15) is 18.0 Å². The molecule has 0 spiro atoms. The number of hydrogen-bond donors (Lipinski definition) is 0. The molecule has 4 aromatic rings. The van der Waals surface area contributed by atoms with Crippen LogP contribution in [0.15, 0.2) is 53.0 Å². The van der Waals surface area contributed by atoms with Crippen LogP contribution in [0.1, 0.15) is 5.69 Å². The Balaban J connectivity index is 1.36. The predicted molar refractivity (Wildman–Crippen MR) is 133 cm³/mol. The molecule has 1 fully saturated rings. The summed E-state index contributed by atoms with van der Waals surface area (Å²) in [5.41, 5.74) is 1.50. The summed E-state index contributed by atoms with van der Waals surface area (Å²) in [5, 5.41) is 2.21. The predicted octanol–water partition coefficient (Wildman–Crippen LogP) is 3.11. The molecule has 0 saturated carbocycles. The van der Waals surface area contributed by atoms with Crippen molar-refractivity contribution >= 4 is 65.8 Å². The number of hydrogen-bond acceptors (Lipinski definition) is 7. The average molecular weight is 533 g/mol. The molecule has 35 heavy (non-hydrogen) atoms. The quantitative estimate of drug-likeness (QED) is 0.354. The zero-order valence-electron chi connectivity index (χ0n) is 18.7. The summed E-state index contributed by atoms with van der Waals surface area (Å²) in [4.78, 5) is 30.7. The van der Waals surface area contributed by atoms with Crippen molar-refractivity contribution in [3.63, 3.8) is 0 Å². The van der Waals surface area contributed by atoms with Crippen LogP contribution in [0.3, 0.4) is 0 Å². The Morgan fingerprint density at radius 2 is 2.00 bits per heavy atom. The molecule has 0 unspecified atom stereocenters. The number of carbonyl (C=O) groups is 2. The summed E-state index contributed by atoms with van der Waals surface area (Å²) in [7, 11) is -2.51. The number of pyridine rings is 1. The number of piperazine rings is 1. The number of ether oxygens (including phenoxy) is 1. The Morgan fingerprint density at radius 3 is 2.77 bits per heavy atom. The molecule has 4 heterocycles. The summed E-state index contributed by atoms with van der Waals surface area (Å²) >= 11 is 7.17. The van der Waals surface area contributed by atoms with E-state index in [1.54, 1.807) is 46.1 Å². The van der Waals surface area contributed by atoms with Gasteiger partial charge in [-0.15, -0.1) is 11.3 Å². The maximum Gasteiger partial charge on any atom is 0.325 e. The van der Waals surface area contributed by atoms with Crippen LogP contribution in [-0.4, -0.2) is 65.8 Å². The van der Waals surface area contributed by atoms with Gasteiger partial charge in [0.1, 0.15) is 10.8 Å². The largest absolute Gasteiger partial charge is 0.468 e. The van der Waals surface area contributed by atoms with E-state index >= 15 is 0 Å². The van der Waals surface area contributed by atoms with Crippen LogP contribution in [0.4, 0.5) is 0 Å². The minimum atomic E-state index is -3.83. The molecule has 0 bridgehead atoms. The number of thiophene rings is 1. The van der Waals surface area contributed by atoms with Gasteiger partial charge in [0.05, 0.1) is 31.9 Å². The van der Waals surface area contributed by atoms with Crippen LogP contribution < -0.4 is 0 Å². The second-order valence-electron chi connectivity index (χ2n) is 8.13. The van der Waals surface area contributed by atoms with Crippen molar-refractivity contribution in [2.24, 2.45) is 0 Å². The molecule has 0 radical (unpaired) electrons. The first-order valence-electron chi connectivity index (χ1n) is 10.7. The standard InChI is InChI=1S/C23H21ClN4O5S2/c1-33-22(30)14-28-18(8-15-4-5-25-11-19(15)28)12-26-6-7-27(13-21(26)29)35(31,32)23-9-16-2-3-17(24)10-20(16)34-23/h2-5,8-11H,6-7,12-14H2,1H3. The van der Waals surface area contributed by atoms with Gasteiger partial charge >= 0.3 is 5.97 Å². The van der Waals surface area contributed by atoms with E-state index in [1.807, 2.05) is 12.1 Å². The van der Waals surface area contributed by atoms with Crippen molar-refractivity contribution in [1.82, 2.24) is 18.8 Å². The van der Waals surface area contributed by atoms with Crippen LogP contribution >= 0.6 is 22.9 Å². The number of aromatic nitrogens is 2. The van der Waals surface area contributed by atoms with E-state index < -0.39 is 16.0 Å². The lowest BCUT2D eigenvalue weighted by Crippen LogP contribution is -2.51. The minimum absolute atomic E-state index is 0.0144. The van der Waals surface area contributed by atoms with Gasteiger partial charge in [-0.3, -0.25) is 14.6 Å². The number of halogens is 1. The van der Waals surface area contributed by atoms with Gasteiger partial charge in [-0.05, 0) is 35.7 Å². The Kier molecular flexibility index (Phi) is 6.26. The number of benzene rings is 1. The lowest BCUT2D eigenvalue weighted by molar-refractivity contribution is -0.141. The fourth-order valence-electron chi connectivity index (χ4n) is 4.16. The molecule has 182 valence electrons. The molecule has 0 atom stereocenters. The van der Waals surface area contributed by atoms with Crippen LogP contribution in [0.2, 0.25) is 5.02 Å². The molecule has 0 N–H and O–H groups in total. The number of methoxy groups -OCH3 is 1. The summed E-state index contributed by atoms with van der Waals surface area (Å²) in [6, 6.07) is 10.6. The highest BCUT2D eigenvalue weighted by atomic mass is 35.5. The second-order valence-corrected chi connectivity index (χ2v) is 11.8. The van der Waals surface area contributed by atoms with E-state index in [2.05, 4.69) is 4.98 Å². The molecule has 5 rings (SSSR count). The lowest BCUT2D eigenvalue weighted by Gasteiger charge is -2.33. The van der Waals surface area contributed by atoms with Crippen LogP contribution in [0.5, 0.6) is 0 Å². The third-order valence-corrected chi connectivity index (χ3v) is 9.62. The Hall–Kier alpha value is -2.99. The van der Waals surface area contributed by atoms with Crippen molar-refractivity contribution in [2.75, 3.05) is 26.7 Å². The van der Waals surface area contributed by atoms with Crippen LogP contribution in [0, 0.1) is 0 Å². The summed E-state index contributed by atoms with van der Waals surface area (Å²) in [5.74, 6) is -0.726. The van der Waals surface area contributed by atoms with Gasteiger partial charge in [-0.1, -0.05) is 17.7 Å². The molecule has 0 aliphatic carbocycles. The number of fused-ring (bicyclic) bond motifs is 2. The molecule has 1 aliphatic rings. The van der Waals surface area contributed by atoms with E-state index in [4.69, 9.17) is 16.3 Å². The minimum Gasteiger partial charge on any atom is -0.468 e. The number of sulfonamides is 1. The summed E-state index contributed by atoms with van der Waals surface area (Å²) in [6.45, 7) is 0.365. The van der Waals surface area contributed by atoms with Crippen molar-refractivity contribution in [1.29, 1.82) is 0 Å². The number of nitrogens with zero attached hydrogens (tertiary/aromatic N) is 4. The number of carbonyl (C=O) groups excluding carboxylic acids is 2. The first-order chi connectivity index (χ1) is 16.8. The highest BCUT2D eigenvalue weighted by molar-refractivity contribution is 7.91. The first kappa shape index (κ1) is 23.7. The summed E-state index contributed by atoms with van der Waals surface area (Å²) in [6.07, 6.45) is 3.32. The molecule has 9 nitrogen and oxygen atoms in total. The Labute approximate surface area is 210 Å². The van der Waals surface area contributed by atoms with Gasteiger partial charge in [-0.2, -0.15) is 4.31 Å². The van der Waals surface area contributed by atoms with Crippen molar-refractivity contribution < 1.29 is 22.7 Å². The zero-order valence-corrected chi connectivity index (χ0v) is 21.1. The van der Waals surface area contributed by atoms with Gasteiger partial charge in [0.25, 0.3) is 10.0 Å². The fraction of sp³-hybridized carbons (Fsp3) is 0.261. The van der Waals surface area contributed by atoms with Gasteiger partial charge in [0.15, 0.2) is 0 Å². The molecule has 1 aliphatic heterocycles. The molecular weight excluding hydrogens is 512 g/mol. The molecular formula is C23H21ClN4O5S2. The van der Waals surface area contributed by atoms with Crippen molar-refractivity contribution in [3.8, 4) is 0 Å². The smallest absolute Gasteiger partial charge is 0.325 e. The maximum atomic E-state index is 13.2.